The van der Waals surface area contributed by atoms with Crippen LogP contribution in [0.3, 0.4) is 0 Å². The summed E-state index contributed by atoms with van der Waals surface area (Å²) in [5.74, 6) is 0.319. The summed E-state index contributed by atoms with van der Waals surface area (Å²) in [4.78, 5) is 2.64. The van der Waals surface area contributed by atoms with Crippen LogP contribution in [0.2, 0.25) is 0 Å². The first-order chi connectivity index (χ1) is 10.8. The van der Waals surface area contributed by atoms with E-state index in [0.717, 1.165) is 31.5 Å². The lowest BCUT2D eigenvalue weighted by Gasteiger charge is -2.47. The molecule has 1 aromatic carbocycles. The van der Waals surface area contributed by atoms with Crippen LogP contribution in [0.4, 0.5) is 5.69 Å². The number of para-hydroxylation sites is 1. The Kier molecular flexibility index (Phi) is 3.13. The van der Waals surface area contributed by atoms with E-state index in [4.69, 9.17) is 0 Å². The number of benzene rings is 1. The summed E-state index contributed by atoms with van der Waals surface area (Å²) in [6, 6.07) is 11.8. The van der Waals surface area contributed by atoms with Crippen molar-refractivity contribution in [2.24, 2.45) is 5.92 Å². The third-order valence-electron chi connectivity index (χ3n) is 6.32. The van der Waals surface area contributed by atoms with Gasteiger partial charge in [-0.2, -0.15) is 5.26 Å². The summed E-state index contributed by atoms with van der Waals surface area (Å²) in [5.41, 5.74) is 6.28. The number of allylic oxidation sites excluding steroid dienone is 2. The van der Waals surface area contributed by atoms with E-state index in [9.17, 15) is 5.26 Å². The van der Waals surface area contributed by atoms with E-state index in [2.05, 4.69) is 53.6 Å². The molecule has 118 valence electrons. The number of halogens is 1. The number of anilines is 1. The van der Waals surface area contributed by atoms with Crippen molar-refractivity contribution in [3.8, 4) is 6.07 Å². The molecule has 0 radical (unpaired) electrons. The number of fused-ring (bicyclic) bond motifs is 2. The van der Waals surface area contributed by atoms with E-state index >= 15 is 0 Å². The molecule has 23 heavy (non-hydrogen) atoms. The number of hydrogen-bond donors (Lipinski definition) is 1. The highest BCUT2D eigenvalue weighted by Crippen LogP contribution is 2.60. The van der Waals surface area contributed by atoms with Crippen molar-refractivity contribution in [2.75, 3.05) is 18.4 Å². The predicted molar refractivity (Wildman–Crippen MR) is 93.5 cm³/mol. The molecule has 4 aliphatic rings. The quantitative estimate of drug-likeness (QED) is 0.741. The maximum atomic E-state index is 9.88. The second-order valence-corrected chi connectivity index (χ2v) is 6.93. The Hall–Kier alpha value is -1.76. The minimum atomic E-state index is 0. The topological polar surface area (TPSA) is 39.1 Å². The smallest absolute Gasteiger partial charge is 0.0972 e. The van der Waals surface area contributed by atoms with Crippen LogP contribution >= 0.6 is 12.4 Å². The maximum Gasteiger partial charge on any atom is 0.0972 e. The lowest BCUT2D eigenvalue weighted by molar-refractivity contribution is 0.167. The normalized spacial score (nSPS) is 35.2. The molecule has 2 fully saturated rings. The summed E-state index contributed by atoms with van der Waals surface area (Å²) in [7, 11) is 0. The molecule has 3 atom stereocenters. The first kappa shape index (κ1) is 14.8. The van der Waals surface area contributed by atoms with Gasteiger partial charge in [0.1, 0.15) is 0 Å². The number of nitriles is 1. The molecular formula is C19H20ClN3. The first-order valence-electron chi connectivity index (χ1n) is 8.20. The zero-order valence-corrected chi connectivity index (χ0v) is 14.0. The van der Waals surface area contributed by atoms with Crippen molar-refractivity contribution >= 4 is 18.1 Å². The van der Waals surface area contributed by atoms with Crippen molar-refractivity contribution in [3.05, 3.63) is 52.7 Å². The van der Waals surface area contributed by atoms with Gasteiger partial charge in [-0.1, -0.05) is 29.8 Å². The molecule has 3 heterocycles. The molecular weight excluding hydrogens is 306 g/mol. The molecule has 1 N–H and O–H groups in total. The highest BCUT2D eigenvalue weighted by Gasteiger charge is 2.61. The molecule has 1 spiro atoms. The third kappa shape index (κ3) is 1.58. The Balaban J connectivity index is 0.00000135. The van der Waals surface area contributed by atoms with Crippen molar-refractivity contribution in [2.45, 2.75) is 31.2 Å². The summed E-state index contributed by atoms with van der Waals surface area (Å²) in [6.07, 6.45) is 4.46. The van der Waals surface area contributed by atoms with Gasteiger partial charge in [-0.3, -0.25) is 4.90 Å². The standard InChI is InChI=1S/C19H19N3.ClH/c1-2-12-11-22-8-7-19-15-5-3-4-6-16(15)21-18(19)14(10-20)13(12)9-17(19)22;/h2-6,13,17,21H,7-9,11H2,1H3;1H/b12-2+;/t13-,17-,19+;/m0./s1. The summed E-state index contributed by atoms with van der Waals surface area (Å²) in [5, 5.41) is 13.5. The highest BCUT2D eigenvalue weighted by molar-refractivity contribution is 5.85. The van der Waals surface area contributed by atoms with E-state index in [-0.39, 0.29) is 17.8 Å². The second kappa shape index (κ2) is 4.87. The molecule has 0 unspecified atom stereocenters. The van der Waals surface area contributed by atoms with Crippen LogP contribution in [0, 0.1) is 17.2 Å². The Bertz CT molecular complexity index is 788. The average Bonchev–Trinajstić information content (AvgIpc) is 3.11. The van der Waals surface area contributed by atoms with Gasteiger partial charge in [0.15, 0.2) is 0 Å². The third-order valence-corrected chi connectivity index (χ3v) is 6.32. The fraction of sp³-hybridized carbons (Fsp3) is 0.421. The molecule has 3 nitrogen and oxygen atoms in total. The number of nitrogens with zero attached hydrogens (tertiary/aromatic N) is 2. The van der Waals surface area contributed by atoms with Crippen LogP contribution in [0.25, 0.3) is 0 Å². The van der Waals surface area contributed by atoms with Crippen LogP contribution in [-0.4, -0.2) is 24.0 Å². The largest absolute Gasteiger partial charge is 0.357 e. The van der Waals surface area contributed by atoms with E-state index in [1.165, 1.54) is 22.5 Å². The number of hydrogen-bond acceptors (Lipinski definition) is 3. The molecule has 5 rings (SSSR count). The molecule has 0 amide bonds. The summed E-state index contributed by atoms with van der Waals surface area (Å²) < 4.78 is 0. The molecule has 0 saturated carbocycles. The van der Waals surface area contributed by atoms with Crippen LogP contribution < -0.4 is 5.32 Å². The Labute approximate surface area is 143 Å². The fourth-order valence-electron chi connectivity index (χ4n) is 5.39. The Morgan fingerprint density at radius 3 is 3.00 bits per heavy atom. The summed E-state index contributed by atoms with van der Waals surface area (Å²) in [6.45, 7) is 4.28. The van der Waals surface area contributed by atoms with Gasteiger partial charge in [0.05, 0.1) is 17.1 Å². The second-order valence-electron chi connectivity index (χ2n) is 6.93. The van der Waals surface area contributed by atoms with Gasteiger partial charge in [0, 0.05) is 36.4 Å². The minimum absolute atomic E-state index is 0. The average molecular weight is 326 g/mol. The maximum absolute atomic E-state index is 9.88. The van der Waals surface area contributed by atoms with Crippen molar-refractivity contribution < 1.29 is 0 Å². The van der Waals surface area contributed by atoms with Crippen molar-refractivity contribution in [1.82, 2.24) is 4.90 Å². The van der Waals surface area contributed by atoms with Gasteiger partial charge in [-0.25, -0.2) is 0 Å². The van der Waals surface area contributed by atoms with E-state index < -0.39 is 0 Å². The highest BCUT2D eigenvalue weighted by atomic mass is 35.5. The molecule has 1 aromatic rings. The van der Waals surface area contributed by atoms with E-state index in [1.54, 1.807) is 0 Å². The lowest BCUT2D eigenvalue weighted by atomic mass is 9.62. The monoisotopic (exact) mass is 325 g/mol. The minimum Gasteiger partial charge on any atom is -0.357 e. The van der Waals surface area contributed by atoms with Gasteiger partial charge in [-0.05, 0) is 31.4 Å². The molecule has 1 aliphatic carbocycles. The van der Waals surface area contributed by atoms with Crippen LogP contribution in [0.5, 0.6) is 0 Å². The van der Waals surface area contributed by atoms with Crippen LogP contribution in [0.1, 0.15) is 25.3 Å². The Morgan fingerprint density at radius 1 is 1.39 bits per heavy atom. The van der Waals surface area contributed by atoms with Crippen LogP contribution in [0.15, 0.2) is 47.2 Å². The number of piperidine rings is 1. The summed E-state index contributed by atoms with van der Waals surface area (Å²) >= 11 is 0. The molecule has 0 aromatic heterocycles. The molecule has 2 saturated heterocycles. The van der Waals surface area contributed by atoms with Gasteiger partial charge < -0.3 is 5.32 Å². The zero-order chi connectivity index (χ0) is 14.9. The molecule has 4 heteroatoms. The van der Waals surface area contributed by atoms with Gasteiger partial charge in [0.25, 0.3) is 0 Å². The predicted octanol–water partition coefficient (Wildman–Crippen LogP) is 3.60. The lowest BCUT2D eigenvalue weighted by Crippen LogP contribution is -2.52. The molecule has 3 aliphatic heterocycles. The van der Waals surface area contributed by atoms with Crippen LogP contribution in [-0.2, 0) is 5.41 Å². The van der Waals surface area contributed by atoms with Gasteiger partial charge >= 0.3 is 0 Å². The first-order valence-corrected chi connectivity index (χ1v) is 8.20. The zero-order valence-electron chi connectivity index (χ0n) is 13.2. The molecule has 2 bridgehead atoms. The van der Waals surface area contributed by atoms with E-state index in [0.29, 0.717) is 12.0 Å². The van der Waals surface area contributed by atoms with Crippen molar-refractivity contribution in [1.29, 1.82) is 5.26 Å². The van der Waals surface area contributed by atoms with Crippen molar-refractivity contribution in [3.63, 3.8) is 0 Å². The number of rotatable bonds is 0. The Morgan fingerprint density at radius 2 is 2.22 bits per heavy atom. The van der Waals surface area contributed by atoms with E-state index in [1.807, 2.05) is 0 Å². The number of nitrogens with one attached hydrogen (secondary N) is 1. The van der Waals surface area contributed by atoms with Gasteiger partial charge in [-0.15, -0.1) is 12.4 Å². The SMILES string of the molecule is C/C=C1\CN2CC[C@]34C(=C(C#N)[C@H]1C[C@H]23)Nc1ccccc14.Cl. The fourth-order valence-corrected chi connectivity index (χ4v) is 5.39. The van der Waals surface area contributed by atoms with Gasteiger partial charge in [0.2, 0.25) is 0 Å².